The largest absolute Gasteiger partial charge is 0.487 e. The number of para-hydroxylation sites is 1. The second-order valence-corrected chi connectivity index (χ2v) is 9.08. The van der Waals surface area contributed by atoms with E-state index in [2.05, 4.69) is 39.1 Å². The van der Waals surface area contributed by atoms with Crippen LogP contribution in [0.15, 0.2) is 29.3 Å². The Kier molecular flexibility index (Phi) is 6.80. The van der Waals surface area contributed by atoms with Crippen LogP contribution in [0, 0.1) is 0 Å². The number of rotatable bonds is 5. The van der Waals surface area contributed by atoms with Crippen molar-refractivity contribution in [3.05, 3.63) is 29.8 Å². The van der Waals surface area contributed by atoms with Crippen molar-refractivity contribution in [3.8, 4) is 5.75 Å². The number of carbonyl (C=O) groups is 1. The first-order chi connectivity index (χ1) is 14.7. The van der Waals surface area contributed by atoms with Gasteiger partial charge in [-0.25, -0.2) is 0 Å². The zero-order chi connectivity index (χ0) is 20.8. The van der Waals surface area contributed by atoms with E-state index < -0.39 is 0 Å². The Hall–Kier alpha value is -2.24. The molecule has 1 aliphatic heterocycles. The number of hydrogen-bond acceptors (Lipinski definition) is 3. The summed E-state index contributed by atoms with van der Waals surface area (Å²) in [5, 5.41) is 10.1. The third-order valence-corrected chi connectivity index (χ3v) is 6.86. The Balaban J connectivity index is 1.31. The summed E-state index contributed by atoms with van der Waals surface area (Å²) in [6.45, 7) is 0.578. The predicted molar refractivity (Wildman–Crippen MR) is 120 cm³/mol. The zero-order valence-corrected chi connectivity index (χ0v) is 18.2. The Morgan fingerprint density at radius 2 is 1.87 bits per heavy atom. The molecule has 0 bridgehead atoms. The van der Waals surface area contributed by atoms with E-state index >= 15 is 0 Å². The van der Waals surface area contributed by atoms with Gasteiger partial charge < -0.3 is 20.7 Å². The zero-order valence-electron chi connectivity index (χ0n) is 18.2. The number of guanidine groups is 1. The molecule has 6 heteroatoms. The van der Waals surface area contributed by atoms with Crippen LogP contribution in [0.4, 0.5) is 0 Å². The lowest BCUT2D eigenvalue weighted by Gasteiger charge is -2.40. The average molecular weight is 413 g/mol. The fourth-order valence-electron chi connectivity index (χ4n) is 5.27. The first-order valence-corrected chi connectivity index (χ1v) is 11.7. The second-order valence-electron chi connectivity index (χ2n) is 9.08. The van der Waals surface area contributed by atoms with E-state index in [4.69, 9.17) is 4.74 Å². The highest BCUT2D eigenvalue weighted by molar-refractivity contribution is 5.81. The summed E-state index contributed by atoms with van der Waals surface area (Å²) in [6, 6.07) is 8.85. The average Bonchev–Trinajstić information content (AvgIpc) is 3.20. The van der Waals surface area contributed by atoms with E-state index in [9.17, 15) is 4.79 Å². The molecule has 3 N–H and O–H groups in total. The van der Waals surface area contributed by atoms with Crippen molar-refractivity contribution in [1.29, 1.82) is 0 Å². The van der Waals surface area contributed by atoms with Gasteiger partial charge >= 0.3 is 0 Å². The van der Waals surface area contributed by atoms with Crippen molar-refractivity contribution < 1.29 is 9.53 Å². The number of aliphatic imine (C=N–C) groups is 1. The van der Waals surface area contributed by atoms with Gasteiger partial charge in [0, 0.05) is 38.0 Å². The predicted octanol–water partition coefficient (Wildman–Crippen LogP) is 3.83. The Morgan fingerprint density at radius 1 is 1.10 bits per heavy atom. The fourth-order valence-corrected chi connectivity index (χ4v) is 5.27. The van der Waals surface area contributed by atoms with Crippen LogP contribution in [0.25, 0.3) is 0 Å². The summed E-state index contributed by atoms with van der Waals surface area (Å²) in [7, 11) is 1.79. The standard InChI is InChI=1S/C24H36N4O2/c1-25-23(26-16-13-22(29)27-18-9-3-2-4-10-18)28-20-17-24(14-7-8-15-24)30-21-12-6-5-11-19(20)21/h5-6,11-12,18,20H,2-4,7-10,13-17H2,1H3,(H,27,29)(H2,25,26,28). The monoisotopic (exact) mass is 412 g/mol. The Labute approximate surface area is 180 Å². The third kappa shape index (κ3) is 5.08. The molecular formula is C24H36N4O2. The molecule has 164 valence electrons. The van der Waals surface area contributed by atoms with Crippen LogP contribution >= 0.6 is 0 Å². The van der Waals surface area contributed by atoms with E-state index in [1.54, 1.807) is 7.05 Å². The van der Waals surface area contributed by atoms with Crippen LogP contribution in [0.5, 0.6) is 5.75 Å². The van der Waals surface area contributed by atoms with E-state index in [0.717, 1.165) is 43.8 Å². The summed E-state index contributed by atoms with van der Waals surface area (Å²) in [5.74, 6) is 1.87. The number of ether oxygens (including phenoxy) is 1. The van der Waals surface area contributed by atoms with Gasteiger partial charge in [0.15, 0.2) is 5.96 Å². The summed E-state index contributed by atoms with van der Waals surface area (Å²) in [6.07, 6.45) is 12.1. The molecule has 1 heterocycles. The quantitative estimate of drug-likeness (QED) is 0.508. The third-order valence-electron chi connectivity index (χ3n) is 6.86. The highest BCUT2D eigenvalue weighted by atomic mass is 16.5. The molecule has 2 aliphatic carbocycles. The maximum absolute atomic E-state index is 12.3. The smallest absolute Gasteiger partial charge is 0.221 e. The molecule has 2 fully saturated rings. The molecule has 1 aromatic carbocycles. The minimum absolute atomic E-state index is 0.0508. The molecule has 4 rings (SSSR count). The molecule has 3 aliphatic rings. The van der Waals surface area contributed by atoms with Crippen molar-refractivity contribution in [2.24, 2.45) is 4.99 Å². The molecule has 0 saturated heterocycles. The molecule has 0 aromatic heterocycles. The van der Waals surface area contributed by atoms with Crippen molar-refractivity contribution >= 4 is 11.9 Å². The van der Waals surface area contributed by atoms with Crippen molar-refractivity contribution in [2.75, 3.05) is 13.6 Å². The van der Waals surface area contributed by atoms with Gasteiger partial charge in [-0.05, 0) is 44.6 Å². The van der Waals surface area contributed by atoms with Crippen LogP contribution in [-0.4, -0.2) is 37.1 Å². The lowest BCUT2D eigenvalue weighted by Crippen LogP contribution is -2.47. The second kappa shape index (κ2) is 9.71. The molecule has 1 atom stereocenters. The summed E-state index contributed by atoms with van der Waals surface area (Å²) >= 11 is 0. The van der Waals surface area contributed by atoms with Gasteiger partial charge in [0.05, 0.1) is 6.04 Å². The molecule has 0 radical (unpaired) electrons. The highest BCUT2D eigenvalue weighted by Gasteiger charge is 2.43. The van der Waals surface area contributed by atoms with Crippen molar-refractivity contribution in [2.45, 2.75) is 88.3 Å². The lowest BCUT2D eigenvalue weighted by atomic mass is 9.86. The maximum Gasteiger partial charge on any atom is 0.221 e. The molecule has 30 heavy (non-hydrogen) atoms. The van der Waals surface area contributed by atoms with E-state index in [0.29, 0.717) is 19.0 Å². The summed E-state index contributed by atoms with van der Waals surface area (Å²) in [4.78, 5) is 16.7. The number of amides is 1. The fraction of sp³-hybridized carbons (Fsp3) is 0.667. The van der Waals surface area contributed by atoms with E-state index in [1.807, 2.05) is 6.07 Å². The van der Waals surface area contributed by atoms with E-state index in [1.165, 1.54) is 37.7 Å². The number of hydrogen-bond donors (Lipinski definition) is 3. The van der Waals surface area contributed by atoms with Crippen LogP contribution in [0.3, 0.4) is 0 Å². The molecule has 1 aromatic rings. The Bertz CT molecular complexity index is 751. The van der Waals surface area contributed by atoms with Gasteiger partial charge in [0.1, 0.15) is 11.4 Å². The summed E-state index contributed by atoms with van der Waals surface area (Å²) in [5.41, 5.74) is 1.14. The number of nitrogens with zero attached hydrogens (tertiary/aromatic N) is 1. The number of fused-ring (bicyclic) bond motifs is 1. The van der Waals surface area contributed by atoms with Gasteiger partial charge in [-0.2, -0.15) is 0 Å². The maximum atomic E-state index is 12.3. The van der Waals surface area contributed by atoms with Crippen molar-refractivity contribution in [1.82, 2.24) is 16.0 Å². The van der Waals surface area contributed by atoms with Crippen molar-refractivity contribution in [3.63, 3.8) is 0 Å². The normalized spacial score (nSPS) is 23.5. The van der Waals surface area contributed by atoms with Crippen LogP contribution in [0.1, 0.15) is 82.2 Å². The van der Waals surface area contributed by atoms with E-state index in [-0.39, 0.29) is 17.6 Å². The molecule has 1 amide bonds. The number of benzene rings is 1. The molecule has 2 saturated carbocycles. The molecule has 1 unspecified atom stereocenters. The van der Waals surface area contributed by atoms with Gasteiger partial charge in [0.2, 0.25) is 5.91 Å². The van der Waals surface area contributed by atoms with Gasteiger partial charge in [-0.15, -0.1) is 0 Å². The topological polar surface area (TPSA) is 74.8 Å². The summed E-state index contributed by atoms with van der Waals surface area (Å²) < 4.78 is 6.46. The van der Waals surface area contributed by atoms with Crippen LogP contribution < -0.4 is 20.7 Å². The SMILES string of the molecule is CN=C(NCCC(=O)NC1CCCCC1)NC1CC2(CCCC2)Oc2ccccc21. The van der Waals surface area contributed by atoms with Crippen LogP contribution in [-0.2, 0) is 4.79 Å². The first-order valence-electron chi connectivity index (χ1n) is 11.7. The minimum atomic E-state index is -0.0508. The Morgan fingerprint density at radius 3 is 2.63 bits per heavy atom. The number of carbonyl (C=O) groups excluding carboxylic acids is 1. The molecule has 1 spiro atoms. The number of nitrogens with one attached hydrogen (secondary N) is 3. The van der Waals surface area contributed by atoms with Gasteiger partial charge in [-0.3, -0.25) is 9.79 Å². The molecular weight excluding hydrogens is 376 g/mol. The van der Waals surface area contributed by atoms with Crippen LogP contribution in [0.2, 0.25) is 0 Å². The minimum Gasteiger partial charge on any atom is -0.487 e. The van der Waals surface area contributed by atoms with Gasteiger partial charge in [-0.1, -0.05) is 37.5 Å². The first kappa shape index (κ1) is 21.0. The lowest BCUT2D eigenvalue weighted by molar-refractivity contribution is -0.121. The molecule has 6 nitrogen and oxygen atoms in total. The highest BCUT2D eigenvalue weighted by Crippen LogP contribution is 2.46. The van der Waals surface area contributed by atoms with Gasteiger partial charge in [0.25, 0.3) is 0 Å².